The van der Waals surface area contributed by atoms with Crippen molar-refractivity contribution in [2.24, 2.45) is 0 Å². The lowest BCUT2D eigenvalue weighted by molar-refractivity contribution is -0.145. The van der Waals surface area contributed by atoms with Crippen LogP contribution < -0.4 is 0 Å². The molecule has 0 amide bonds. The number of hydrogen-bond donors (Lipinski definition) is 0. The maximum absolute atomic E-state index is 11.0. The van der Waals surface area contributed by atoms with Crippen molar-refractivity contribution in [3.63, 3.8) is 0 Å². The summed E-state index contributed by atoms with van der Waals surface area (Å²) in [6.07, 6.45) is 2.62. The molecule has 1 aliphatic rings. The Kier molecular flexibility index (Phi) is 3.89. The van der Waals surface area contributed by atoms with Gasteiger partial charge in [-0.05, 0) is 12.8 Å². The Hall–Kier alpha value is -0.900. The molecule has 0 aliphatic carbocycles. The molecule has 0 aromatic carbocycles. The first kappa shape index (κ1) is 10.2. The largest absolute Gasteiger partial charge is 0.458 e. The van der Waals surface area contributed by atoms with Crippen molar-refractivity contribution in [3.05, 3.63) is 0 Å². The van der Waals surface area contributed by atoms with E-state index in [9.17, 15) is 9.59 Å². The molecule has 0 N–H and O–H groups in total. The van der Waals surface area contributed by atoms with E-state index in [1.54, 1.807) is 0 Å². The number of ketones is 1. The zero-order valence-corrected chi connectivity index (χ0v) is 7.75. The molecule has 1 unspecified atom stereocenters. The van der Waals surface area contributed by atoms with Gasteiger partial charge in [-0.2, -0.15) is 0 Å². The van der Waals surface area contributed by atoms with Gasteiger partial charge in [-0.15, -0.1) is 0 Å². The van der Waals surface area contributed by atoms with Gasteiger partial charge in [0, 0.05) is 13.3 Å². The Labute approximate surface area is 77.2 Å². The van der Waals surface area contributed by atoms with Crippen molar-refractivity contribution >= 4 is 11.8 Å². The second-order valence-corrected chi connectivity index (χ2v) is 3.17. The summed E-state index contributed by atoms with van der Waals surface area (Å²) in [6.45, 7) is 2.05. The Morgan fingerprint density at radius 3 is 2.77 bits per heavy atom. The number of epoxide rings is 1. The molecule has 0 aromatic heterocycles. The van der Waals surface area contributed by atoms with E-state index in [0.717, 1.165) is 19.4 Å². The molecule has 1 saturated heterocycles. The van der Waals surface area contributed by atoms with Gasteiger partial charge in [-0.3, -0.25) is 9.59 Å². The summed E-state index contributed by atoms with van der Waals surface area (Å²) in [6, 6.07) is 0. The maximum atomic E-state index is 11.0. The SMILES string of the molecule is CC(=O)OCC(=O)CCCC1CO1. The Morgan fingerprint density at radius 1 is 1.54 bits per heavy atom. The van der Waals surface area contributed by atoms with Gasteiger partial charge in [0.15, 0.2) is 5.78 Å². The van der Waals surface area contributed by atoms with Gasteiger partial charge in [0.2, 0.25) is 0 Å². The Morgan fingerprint density at radius 2 is 2.23 bits per heavy atom. The molecule has 0 aromatic rings. The van der Waals surface area contributed by atoms with E-state index >= 15 is 0 Å². The van der Waals surface area contributed by atoms with Crippen LogP contribution in [0.25, 0.3) is 0 Å². The van der Waals surface area contributed by atoms with Crippen molar-refractivity contribution in [1.29, 1.82) is 0 Å². The van der Waals surface area contributed by atoms with Crippen LogP contribution >= 0.6 is 0 Å². The molecule has 0 bridgehead atoms. The summed E-state index contributed by atoms with van der Waals surface area (Å²) in [5.41, 5.74) is 0. The quantitative estimate of drug-likeness (QED) is 0.452. The molecule has 1 heterocycles. The van der Waals surface area contributed by atoms with Crippen LogP contribution in [0, 0.1) is 0 Å². The van der Waals surface area contributed by atoms with E-state index < -0.39 is 5.97 Å². The summed E-state index contributed by atoms with van der Waals surface area (Å²) in [7, 11) is 0. The number of hydrogen-bond acceptors (Lipinski definition) is 4. The third-order valence-electron chi connectivity index (χ3n) is 1.82. The Bertz CT molecular complexity index is 196. The van der Waals surface area contributed by atoms with Crippen molar-refractivity contribution in [2.45, 2.75) is 32.3 Å². The summed E-state index contributed by atoms with van der Waals surface area (Å²) >= 11 is 0. The molecule has 1 rings (SSSR count). The second kappa shape index (κ2) is 4.97. The van der Waals surface area contributed by atoms with Crippen LogP contribution in [-0.2, 0) is 19.1 Å². The summed E-state index contributed by atoms with van der Waals surface area (Å²) in [5, 5.41) is 0. The summed E-state index contributed by atoms with van der Waals surface area (Å²) < 4.78 is 9.55. The van der Waals surface area contributed by atoms with Crippen molar-refractivity contribution in [3.8, 4) is 0 Å². The number of Topliss-reactive ketones (excluding diaryl/α,β-unsaturated/α-hetero) is 1. The first-order valence-electron chi connectivity index (χ1n) is 4.45. The van der Waals surface area contributed by atoms with E-state index in [4.69, 9.17) is 4.74 Å². The maximum Gasteiger partial charge on any atom is 0.303 e. The first-order chi connectivity index (χ1) is 6.18. The lowest BCUT2D eigenvalue weighted by Gasteiger charge is -2.00. The third kappa shape index (κ3) is 5.36. The predicted octanol–water partition coefficient (Wildman–Crippen LogP) is 0.688. The van der Waals surface area contributed by atoms with Crippen LogP contribution in [0.4, 0.5) is 0 Å². The highest BCUT2D eigenvalue weighted by atomic mass is 16.6. The first-order valence-corrected chi connectivity index (χ1v) is 4.45. The fourth-order valence-corrected chi connectivity index (χ4v) is 1.02. The molecular formula is C9H14O4. The van der Waals surface area contributed by atoms with Gasteiger partial charge in [0.05, 0.1) is 12.7 Å². The fraction of sp³-hybridized carbons (Fsp3) is 0.778. The smallest absolute Gasteiger partial charge is 0.303 e. The molecule has 13 heavy (non-hydrogen) atoms. The van der Waals surface area contributed by atoms with Gasteiger partial charge in [-0.25, -0.2) is 0 Å². The third-order valence-corrected chi connectivity index (χ3v) is 1.82. The van der Waals surface area contributed by atoms with Crippen molar-refractivity contribution in [1.82, 2.24) is 0 Å². The average molecular weight is 186 g/mol. The number of carbonyl (C=O) groups is 2. The molecular weight excluding hydrogens is 172 g/mol. The van der Waals surface area contributed by atoms with Crippen LogP contribution in [0.1, 0.15) is 26.2 Å². The van der Waals surface area contributed by atoms with Gasteiger partial charge < -0.3 is 9.47 Å². The predicted molar refractivity (Wildman–Crippen MR) is 45.2 cm³/mol. The van der Waals surface area contributed by atoms with Gasteiger partial charge >= 0.3 is 5.97 Å². The molecule has 74 valence electrons. The van der Waals surface area contributed by atoms with Crippen molar-refractivity contribution in [2.75, 3.05) is 13.2 Å². The van der Waals surface area contributed by atoms with Crippen LogP contribution in [0.3, 0.4) is 0 Å². The minimum absolute atomic E-state index is 0.0177. The lowest BCUT2D eigenvalue weighted by Crippen LogP contribution is -2.11. The second-order valence-electron chi connectivity index (χ2n) is 3.17. The summed E-state index contributed by atoms with van der Waals surface area (Å²) in [4.78, 5) is 21.4. The lowest BCUT2D eigenvalue weighted by atomic mass is 10.1. The van der Waals surface area contributed by atoms with E-state index in [2.05, 4.69) is 4.74 Å². The van der Waals surface area contributed by atoms with Crippen LogP contribution in [0.2, 0.25) is 0 Å². The number of rotatable bonds is 6. The molecule has 0 saturated carbocycles. The number of esters is 1. The van der Waals surface area contributed by atoms with Crippen LogP contribution in [-0.4, -0.2) is 31.1 Å². The molecule has 0 radical (unpaired) electrons. The van der Waals surface area contributed by atoms with E-state index in [0.29, 0.717) is 12.5 Å². The highest BCUT2D eigenvalue weighted by molar-refractivity contribution is 5.81. The minimum atomic E-state index is -0.404. The molecule has 4 nitrogen and oxygen atoms in total. The monoisotopic (exact) mass is 186 g/mol. The topological polar surface area (TPSA) is 55.9 Å². The fourth-order valence-electron chi connectivity index (χ4n) is 1.02. The minimum Gasteiger partial charge on any atom is -0.458 e. The van der Waals surface area contributed by atoms with Gasteiger partial charge in [0.25, 0.3) is 0 Å². The zero-order chi connectivity index (χ0) is 9.68. The highest BCUT2D eigenvalue weighted by Gasteiger charge is 2.21. The number of ether oxygens (including phenoxy) is 2. The molecule has 1 fully saturated rings. The molecule has 0 spiro atoms. The van der Waals surface area contributed by atoms with Gasteiger partial charge in [0.1, 0.15) is 6.61 Å². The van der Waals surface area contributed by atoms with E-state index in [1.165, 1.54) is 6.92 Å². The highest BCUT2D eigenvalue weighted by Crippen LogP contribution is 2.16. The van der Waals surface area contributed by atoms with Crippen LogP contribution in [0.5, 0.6) is 0 Å². The zero-order valence-electron chi connectivity index (χ0n) is 7.75. The van der Waals surface area contributed by atoms with Gasteiger partial charge in [-0.1, -0.05) is 0 Å². The van der Waals surface area contributed by atoms with Crippen LogP contribution in [0.15, 0.2) is 0 Å². The van der Waals surface area contributed by atoms with E-state index in [-0.39, 0.29) is 12.4 Å². The normalized spacial score (nSPS) is 19.6. The molecule has 1 aliphatic heterocycles. The number of carbonyl (C=O) groups excluding carboxylic acids is 2. The average Bonchev–Trinajstić information content (AvgIpc) is 2.84. The standard InChI is InChI=1S/C9H14O4/c1-7(10)12-5-8(11)3-2-4-9-6-13-9/h9H,2-6H2,1H3. The molecule has 1 atom stereocenters. The Balaban J connectivity index is 1.93. The van der Waals surface area contributed by atoms with Crippen molar-refractivity contribution < 1.29 is 19.1 Å². The summed E-state index contributed by atoms with van der Waals surface area (Å²) in [5.74, 6) is -0.422. The molecule has 4 heteroatoms. The van der Waals surface area contributed by atoms with E-state index in [1.807, 2.05) is 0 Å².